The van der Waals surface area contributed by atoms with Gasteiger partial charge in [-0.15, -0.1) is 0 Å². The molecule has 3 aromatic carbocycles. The molecule has 0 bridgehead atoms. The number of halogens is 1. The zero-order valence-corrected chi connectivity index (χ0v) is 17.7. The van der Waals surface area contributed by atoms with Gasteiger partial charge in [0.05, 0.1) is 26.4 Å². The van der Waals surface area contributed by atoms with Crippen molar-refractivity contribution >= 4 is 17.5 Å². The van der Waals surface area contributed by atoms with Crippen LogP contribution in [0.15, 0.2) is 66.7 Å². The quantitative estimate of drug-likeness (QED) is 0.529. The molecule has 0 aromatic heterocycles. The Labute approximate surface area is 181 Å². The smallest absolute Gasteiger partial charge is 0.255 e. The van der Waals surface area contributed by atoms with Crippen LogP contribution in [0.3, 0.4) is 0 Å². The summed E-state index contributed by atoms with van der Waals surface area (Å²) in [7, 11) is 3.10. The fourth-order valence-corrected chi connectivity index (χ4v) is 3.23. The van der Waals surface area contributed by atoms with Gasteiger partial charge in [-0.05, 0) is 29.3 Å². The van der Waals surface area contributed by atoms with Crippen molar-refractivity contribution in [1.82, 2.24) is 5.32 Å². The van der Waals surface area contributed by atoms with Gasteiger partial charge in [0, 0.05) is 24.1 Å². The maximum absolute atomic E-state index is 12.8. The largest absolute Gasteiger partial charge is 0.493 e. The number of methoxy groups -OCH3 is 2. The van der Waals surface area contributed by atoms with E-state index >= 15 is 0 Å². The van der Waals surface area contributed by atoms with Crippen LogP contribution in [0, 0.1) is 0 Å². The minimum atomic E-state index is -0.240. The molecule has 0 spiro atoms. The summed E-state index contributed by atoms with van der Waals surface area (Å²) in [4.78, 5) is 12.8. The number of rotatable bonds is 9. The molecular formula is C24H24ClNO4. The number of hydrogen-bond acceptors (Lipinski definition) is 4. The second kappa shape index (κ2) is 10.6. The number of benzene rings is 3. The Morgan fingerprint density at radius 2 is 1.57 bits per heavy atom. The van der Waals surface area contributed by atoms with E-state index < -0.39 is 0 Å². The van der Waals surface area contributed by atoms with E-state index in [9.17, 15) is 4.79 Å². The van der Waals surface area contributed by atoms with Crippen LogP contribution in [0.2, 0.25) is 5.02 Å². The molecule has 0 unspecified atom stereocenters. The summed E-state index contributed by atoms with van der Waals surface area (Å²) in [5.41, 5.74) is 2.38. The van der Waals surface area contributed by atoms with Gasteiger partial charge in [0.25, 0.3) is 5.91 Å². The summed E-state index contributed by atoms with van der Waals surface area (Å²) in [5, 5.41) is 3.38. The fourth-order valence-electron chi connectivity index (χ4n) is 3.01. The predicted octanol–water partition coefficient (Wildman–Crippen LogP) is 4.91. The lowest BCUT2D eigenvalue weighted by molar-refractivity contribution is 0.0947. The molecule has 0 aliphatic carbocycles. The second-order valence-corrected chi connectivity index (χ2v) is 6.97. The normalized spacial score (nSPS) is 10.4. The number of carbonyl (C=O) groups excluding carboxylic acids is 1. The van der Waals surface area contributed by atoms with E-state index in [0.29, 0.717) is 34.4 Å². The van der Waals surface area contributed by atoms with Crippen LogP contribution in [-0.4, -0.2) is 26.7 Å². The molecule has 0 aliphatic rings. The first-order chi connectivity index (χ1) is 14.6. The number of ether oxygens (including phenoxy) is 3. The van der Waals surface area contributed by atoms with E-state index in [4.69, 9.17) is 25.8 Å². The van der Waals surface area contributed by atoms with Crippen molar-refractivity contribution in [2.24, 2.45) is 0 Å². The zero-order chi connectivity index (χ0) is 21.3. The van der Waals surface area contributed by atoms with Gasteiger partial charge in [0.15, 0.2) is 11.5 Å². The maximum Gasteiger partial charge on any atom is 0.255 e. The summed E-state index contributed by atoms with van der Waals surface area (Å²) in [6.45, 7) is 0.728. The standard InChI is InChI=1S/C24H24ClNO4/c1-28-22-14-18(20(25)15-23(22)29-2)16-26-24(27)19-10-6-7-11-21(19)30-13-12-17-8-4-3-5-9-17/h3-11,14-15H,12-13,16H2,1-2H3,(H,26,27). The van der Waals surface area contributed by atoms with E-state index in [1.807, 2.05) is 30.3 Å². The first kappa shape index (κ1) is 21.5. The second-order valence-electron chi connectivity index (χ2n) is 6.56. The molecule has 0 fully saturated rings. The molecule has 156 valence electrons. The number of amides is 1. The fraction of sp³-hybridized carbons (Fsp3) is 0.208. The van der Waals surface area contributed by atoms with Crippen LogP contribution in [0.4, 0.5) is 0 Å². The number of carbonyl (C=O) groups is 1. The van der Waals surface area contributed by atoms with Gasteiger partial charge in [0.1, 0.15) is 5.75 Å². The Balaban J connectivity index is 1.65. The third-order valence-corrected chi connectivity index (χ3v) is 4.97. The monoisotopic (exact) mass is 425 g/mol. The highest BCUT2D eigenvalue weighted by atomic mass is 35.5. The summed E-state index contributed by atoms with van der Waals surface area (Å²) in [5.74, 6) is 1.39. The molecule has 5 nitrogen and oxygen atoms in total. The molecule has 6 heteroatoms. The van der Waals surface area contributed by atoms with Crippen LogP contribution in [0.25, 0.3) is 0 Å². The lowest BCUT2D eigenvalue weighted by Crippen LogP contribution is -2.23. The third-order valence-electron chi connectivity index (χ3n) is 4.61. The molecule has 0 heterocycles. The SMILES string of the molecule is COc1cc(Cl)c(CNC(=O)c2ccccc2OCCc2ccccc2)cc1OC. The van der Waals surface area contributed by atoms with Crippen molar-refractivity contribution in [3.8, 4) is 17.2 Å². The van der Waals surface area contributed by atoms with Crippen molar-refractivity contribution in [3.63, 3.8) is 0 Å². The predicted molar refractivity (Wildman–Crippen MR) is 118 cm³/mol. The van der Waals surface area contributed by atoms with Crippen LogP contribution in [0.5, 0.6) is 17.2 Å². The van der Waals surface area contributed by atoms with Crippen LogP contribution < -0.4 is 19.5 Å². The van der Waals surface area contributed by atoms with E-state index in [0.717, 1.165) is 12.0 Å². The Kier molecular flexibility index (Phi) is 7.57. The van der Waals surface area contributed by atoms with E-state index in [1.54, 1.807) is 38.5 Å². The van der Waals surface area contributed by atoms with Crippen molar-refractivity contribution < 1.29 is 19.0 Å². The van der Waals surface area contributed by atoms with Crippen LogP contribution in [0.1, 0.15) is 21.5 Å². The third kappa shape index (κ3) is 5.45. The average molecular weight is 426 g/mol. The van der Waals surface area contributed by atoms with E-state index in [-0.39, 0.29) is 12.5 Å². The first-order valence-electron chi connectivity index (χ1n) is 9.56. The molecule has 0 saturated carbocycles. The molecule has 0 saturated heterocycles. The molecule has 30 heavy (non-hydrogen) atoms. The molecule has 0 aliphatic heterocycles. The molecule has 0 radical (unpaired) electrons. The molecule has 1 amide bonds. The molecule has 3 aromatic rings. The highest BCUT2D eigenvalue weighted by molar-refractivity contribution is 6.31. The summed E-state index contributed by atoms with van der Waals surface area (Å²) >= 11 is 6.31. The van der Waals surface area contributed by atoms with Gasteiger partial charge in [-0.3, -0.25) is 4.79 Å². The summed E-state index contributed by atoms with van der Waals surface area (Å²) in [6.07, 6.45) is 0.762. The van der Waals surface area contributed by atoms with Gasteiger partial charge < -0.3 is 19.5 Å². The Bertz CT molecular complexity index is 992. The van der Waals surface area contributed by atoms with Gasteiger partial charge in [0.2, 0.25) is 0 Å². The first-order valence-corrected chi connectivity index (χ1v) is 9.94. The van der Waals surface area contributed by atoms with Gasteiger partial charge >= 0.3 is 0 Å². The van der Waals surface area contributed by atoms with Gasteiger partial charge in [-0.1, -0.05) is 54.1 Å². The Morgan fingerprint density at radius 1 is 0.900 bits per heavy atom. The van der Waals surface area contributed by atoms with Gasteiger partial charge in [-0.2, -0.15) is 0 Å². The maximum atomic E-state index is 12.8. The number of para-hydroxylation sites is 1. The number of hydrogen-bond donors (Lipinski definition) is 1. The summed E-state index contributed by atoms with van der Waals surface area (Å²) in [6, 6.07) is 20.7. The highest BCUT2D eigenvalue weighted by Gasteiger charge is 2.14. The molecule has 0 atom stereocenters. The highest BCUT2D eigenvalue weighted by Crippen LogP contribution is 2.33. The van der Waals surface area contributed by atoms with Gasteiger partial charge in [-0.25, -0.2) is 0 Å². The minimum Gasteiger partial charge on any atom is -0.493 e. The zero-order valence-electron chi connectivity index (χ0n) is 17.0. The molecule has 3 rings (SSSR count). The van der Waals surface area contributed by atoms with Crippen molar-refractivity contribution in [3.05, 3.63) is 88.4 Å². The Morgan fingerprint density at radius 3 is 2.30 bits per heavy atom. The molecular weight excluding hydrogens is 402 g/mol. The Hall–Kier alpha value is -3.18. The lowest BCUT2D eigenvalue weighted by Gasteiger charge is -2.14. The van der Waals surface area contributed by atoms with Crippen LogP contribution >= 0.6 is 11.6 Å². The minimum absolute atomic E-state index is 0.240. The topological polar surface area (TPSA) is 56.8 Å². The van der Waals surface area contributed by atoms with Crippen LogP contribution in [-0.2, 0) is 13.0 Å². The van der Waals surface area contributed by atoms with Crippen molar-refractivity contribution in [1.29, 1.82) is 0 Å². The van der Waals surface area contributed by atoms with Crippen molar-refractivity contribution in [2.75, 3.05) is 20.8 Å². The summed E-state index contributed by atoms with van der Waals surface area (Å²) < 4.78 is 16.4. The van der Waals surface area contributed by atoms with E-state index in [2.05, 4.69) is 17.4 Å². The lowest BCUT2D eigenvalue weighted by atomic mass is 10.1. The van der Waals surface area contributed by atoms with Crippen molar-refractivity contribution in [2.45, 2.75) is 13.0 Å². The molecule has 1 N–H and O–H groups in total. The number of nitrogens with one attached hydrogen (secondary N) is 1. The van der Waals surface area contributed by atoms with E-state index in [1.165, 1.54) is 5.56 Å². The average Bonchev–Trinajstić information content (AvgIpc) is 2.78.